The minimum Gasteiger partial charge on any atom is -0.497 e. The average Bonchev–Trinajstić information content (AvgIpc) is 2.96. The molecule has 1 saturated heterocycles. The molecule has 0 saturated carbocycles. The van der Waals surface area contributed by atoms with Crippen molar-refractivity contribution in [2.75, 3.05) is 32.2 Å². The van der Waals surface area contributed by atoms with Crippen LogP contribution < -0.4 is 20.1 Å². The van der Waals surface area contributed by atoms with Crippen molar-refractivity contribution in [1.82, 2.24) is 0 Å². The van der Waals surface area contributed by atoms with Crippen LogP contribution in [0.4, 0.5) is 5.69 Å². The van der Waals surface area contributed by atoms with Crippen LogP contribution in [0.3, 0.4) is 0 Å². The molecule has 0 amide bonds. The highest BCUT2D eigenvalue weighted by Gasteiger charge is 2.28. The van der Waals surface area contributed by atoms with Crippen molar-refractivity contribution < 1.29 is 9.47 Å². The van der Waals surface area contributed by atoms with Gasteiger partial charge in [-0.2, -0.15) is 0 Å². The van der Waals surface area contributed by atoms with Gasteiger partial charge in [0.25, 0.3) is 0 Å². The zero-order chi connectivity index (χ0) is 14.5. The lowest BCUT2D eigenvalue weighted by Crippen LogP contribution is -2.32. The molecule has 1 fully saturated rings. The highest BCUT2D eigenvalue weighted by molar-refractivity contribution is 5.62. The molecule has 0 bridgehead atoms. The van der Waals surface area contributed by atoms with Crippen molar-refractivity contribution in [3.8, 4) is 11.5 Å². The van der Waals surface area contributed by atoms with Crippen molar-refractivity contribution in [3.05, 3.63) is 18.2 Å². The van der Waals surface area contributed by atoms with Crippen LogP contribution in [-0.4, -0.2) is 33.4 Å². The molecule has 1 heterocycles. The van der Waals surface area contributed by atoms with Crippen LogP contribution in [0.1, 0.15) is 26.2 Å². The van der Waals surface area contributed by atoms with E-state index in [1.54, 1.807) is 14.2 Å². The molecular formula is C16H26N2O2. The number of rotatable bonds is 6. The molecule has 2 atom stereocenters. The van der Waals surface area contributed by atoms with Crippen LogP contribution >= 0.6 is 0 Å². The van der Waals surface area contributed by atoms with Crippen molar-refractivity contribution >= 4 is 5.69 Å². The first-order valence-corrected chi connectivity index (χ1v) is 7.42. The molecule has 2 N–H and O–H groups in total. The largest absolute Gasteiger partial charge is 0.497 e. The van der Waals surface area contributed by atoms with Crippen LogP contribution in [0.15, 0.2) is 18.2 Å². The lowest BCUT2D eigenvalue weighted by molar-refractivity contribution is 0.402. The maximum Gasteiger partial charge on any atom is 0.142 e. The molecule has 1 aliphatic rings. The second-order valence-electron chi connectivity index (χ2n) is 5.49. The summed E-state index contributed by atoms with van der Waals surface area (Å²) < 4.78 is 10.8. The fraction of sp³-hybridized carbons (Fsp3) is 0.625. The summed E-state index contributed by atoms with van der Waals surface area (Å²) in [5.74, 6) is 2.34. The van der Waals surface area contributed by atoms with Gasteiger partial charge in [0.15, 0.2) is 0 Å². The lowest BCUT2D eigenvalue weighted by atomic mass is 9.96. The number of hydrogen-bond acceptors (Lipinski definition) is 4. The van der Waals surface area contributed by atoms with Gasteiger partial charge < -0.3 is 20.1 Å². The van der Waals surface area contributed by atoms with E-state index in [-0.39, 0.29) is 0 Å². The highest BCUT2D eigenvalue weighted by atomic mass is 16.5. The van der Waals surface area contributed by atoms with Crippen LogP contribution in [-0.2, 0) is 0 Å². The third-order valence-corrected chi connectivity index (χ3v) is 4.18. The molecule has 2 rings (SSSR count). The minimum absolute atomic E-state index is 0.307. The van der Waals surface area contributed by atoms with E-state index in [4.69, 9.17) is 15.2 Å². The first kappa shape index (κ1) is 15.0. The minimum atomic E-state index is 0.307. The Hall–Kier alpha value is -1.42. The van der Waals surface area contributed by atoms with Crippen LogP contribution in [0.5, 0.6) is 11.5 Å². The fourth-order valence-electron chi connectivity index (χ4n) is 2.97. The summed E-state index contributed by atoms with van der Waals surface area (Å²) >= 11 is 0. The molecule has 0 spiro atoms. The van der Waals surface area contributed by atoms with Crippen LogP contribution in [0.25, 0.3) is 0 Å². The van der Waals surface area contributed by atoms with Gasteiger partial charge in [-0.3, -0.25) is 0 Å². The Morgan fingerprint density at radius 2 is 2.15 bits per heavy atom. The zero-order valence-corrected chi connectivity index (χ0v) is 12.8. The third-order valence-electron chi connectivity index (χ3n) is 4.18. The monoisotopic (exact) mass is 278 g/mol. The normalized spacial score (nSPS) is 20.0. The van der Waals surface area contributed by atoms with E-state index in [0.29, 0.717) is 12.0 Å². The van der Waals surface area contributed by atoms with E-state index in [1.807, 2.05) is 18.2 Å². The number of methoxy groups -OCH3 is 2. The van der Waals surface area contributed by atoms with Crippen LogP contribution in [0.2, 0.25) is 0 Å². The average molecular weight is 278 g/mol. The first-order chi connectivity index (χ1) is 9.69. The van der Waals surface area contributed by atoms with Gasteiger partial charge in [0.1, 0.15) is 11.5 Å². The molecule has 4 heteroatoms. The molecule has 1 aromatic carbocycles. The first-order valence-electron chi connectivity index (χ1n) is 7.42. The summed E-state index contributed by atoms with van der Waals surface area (Å²) in [5.41, 5.74) is 7.38. The van der Waals surface area contributed by atoms with Gasteiger partial charge in [-0.25, -0.2) is 0 Å². The van der Waals surface area contributed by atoms with E-state index in [9.17, 15) is 0 Å². The highest BCUT2D eigenvalue weighted by Crippen LogP contribution is 2.36. The number of benzene rings is 1. The molecule has 0 radical (unpaired) electrons. The molecule has 4 nitrogen and oxygen atoms in total. The number of anilines is 1. The smallest absolute Gasteiger partial charge is 0.142 e. The van der Waals surface area contributed by atoms with E-state index in [0.717, 1.165) is 49.5 Å². The molecular weight excluding hydrogens is 252 g/mol. The second-order valence-corrected chi connectivity index (χ2v) is 5.49. The van der Waals surface area contributed by atoms with E-state index in [2.05, 4.69) is 11.8 Å². The third kappa shape index (κ3) is 3.18. The standard InChI is InChI=1S/C16H26N2O2/c1-4-5-14(17)12-8-9-18(11-12)15-10-13(19-2)6-7-16(15)20-3/h6-7,10,12,14H,4-5,8-9,11,17H2,1-3H3. The van der Waals surface area contributed by atoms with E-state index < -0.39 is 0 Å². The van der Waals surface area contributed by atoms with Gasteiger partial charge in [-0.1, -0.05) is 13.3 Å². The Kier molecular flexibility index (Phi) is 5.12. The Balaban J connectivity index is 2.12. The summed E-state index contributed by atoms with van der Waals surface area (Å²) in [7, 11) is 3.40. The molecule has 1 aromatic rings. The Morgan fingerprint density at radius 3 is 2.80 bits per heavy atom. The summed E-state index contributed by atoms with van der Waals surface area (Å²) in [5, 5.41) is 0. The van der Waals surface area contributed by atoms with Gasteiger partial charge in [-0.15, -0.1) is 0 Å². The summed E-state index contributed by atoms with van der Waals surface area (Å²) in [6.45, 7) is 4.23. The predicted octanol–water partition coefficient (Wildman–Crippen LogP) is 2.66. The Bertz CT molecular complexity index is 436. The van der Waals surface area contributed by atoms with Crippen LogP contribution in [0, 0.1) is 5.92 Å². The Labute approximate surface area is 121 Å². The molecule has 1 aliphatic heterocycles. The van der Waals surface area contributed by atoms with E-state index in [1.165, 1.54) is 0 Å². The lowest BCUT2D eigenvalue weighted by Gasteiger charge is -2.23. The van der Waals surface area contributed by atoms with E-state index >= 15 is 0 Å². The summed E-state index contributed by atoms with van der Waals surface area (Å²) in [4.78, 5) is 2.36. The topological polar surface area (TPSA) is 47.7 Å². The SMILES string of the molecule is CCCC(N)C1CCN(c2cc(OC)ccc2OC)C1. The van der Waals surface area contributed by atoms with Gasteiger partial charge in [0, 0.05) is 25.2 Å². The molecule has 112 valence electrons. The molecule has 2 unspecified atom stereocenters. The van der Waals surface area contributed by atoms with Gasteiger partial charge in [0.05, 0.1) is 19.9 Å². The Morgan fingerprint density at radius 1 is 1.35 bits per heavy atom. The molecule has 0 aromatic heterocycles. The van der Waals surface area contributed by atoms with Crippen molar-refractivity contribution in [2.24, 2.45) is 11.7 Å². The van der Waals surface area contributed by atoms with Crippen molar-refractivity contribution in [2.45, 2.75) is 32.2 Å². The summed E-state index contributed by atoms with van der Waals surface area (Å²) in [6, 6.07) is 6.25. The van der Waals surface area contributed by atoms with Crippen molar-refractivity contribution in [1.29, 1.82) is 0 Å². The second kappa shape index (κ2) is 6.84. The number of nitrogens with zero attached hydrogens (tertiary/aromatic N) is 1. The quantitative estimate of drug-likeness (QED) is 0.869. The molecule has 0 aliphatic carbocycles. The molecule has 20 heavy (non-hydrogen) atoms. The van der Waals surface area contributed by atoms with Crippen molar-refractivity contribution in [3.63, 3.8) is 0 Å². The fourth-order valence-corrected chi connectivity index (χ4v) is 2.97. The van der Waals surface area contributed by atoms with Gasteiger partial charge in [0.2, 0.25) is 0 Å². The maximum absolute atomic E-state index is 6.27. The predicted molar refractivity (Wildman–Crippen MR) is 82.7 cm³/mol. The maximum atomic E-state index is 6.27. The van der Waals surface area contributed by atoms with Gasteiger partial charge >= 0.3 is 0 Å². The van der Waals surface area contributed by atoms with Gasteiger partial charge in [-0.05, 0) is 30.9 Å². The summed E-state index contributed by atoms with van der Waals surface area (Å²) in [6.07, 6.45) is 3.41. The number of nitrogens with two attached hydrogens (primary N) is 1. The number of ether oxygens (including phenoxy) is 2. The number of hydrogen-bond donors (Lipinski definition) is 1. The zero-order valence-electron chi connectivity index (χ0n) is 12.8.